The van der Waals surface area contributed by atoms with Gasteiger partial charge in [-0.2, -0.15) is 5.10 Å². The lowest BCUT2D eigenvalue weighted by Gasteiger charge is -2.41. The molecule has 0 radical (unpaired) electrons. The van der Waals surface area contributed by atoms with Gasteiger partial charge in [-0.3, -0.25) is 9.48 Å². The van der Waals surface area contributed by atoms with Crippen LogP contribution < -0.4 is 5.32 Å². The Labute approximate surface area is 150 Å². The molecule has 2 aromatic heterocycles. The fourth-order valence-corrected chi connectivity index (χ4v) is 3.25. The third-order valence-corrected chi connectivity index (χ3v) is 4.64. The molecule has 1 amide bonds. The van der Waals surface area contributed by atoms with E-state index >= 15 is 0 Å². The van der Waals surface area contributed by atoms with Gasteiger partial charge in [0.2, 0.25) is 5.82 Å². The Morgan fingerprint density at radius 3 is 2.77 bits per heavy atom. The van der Waals surface area contributed by atoms with Crippen molar-refractivity contribution >= 4 is 5.91 Å². The van der Waals surface area contributed by atoms with Gasteiger partial charge in [0.1, 0.15) is 5.82 Å². The molecule has 8 nitrogen and oxygen atoms in total. The Balaban J connectivity index is 1.53. The number of aliphatic hydroxyl groups excluding tert-OH is 1. The molecule has 0 spiro atoms. The number of aryl methyl sites for hydroxylation is 1. The molecule has 3 aromatic rings. The average Bonchev–Trinajstić information content (AvgIpc) is 3.31. The van der Waals surface area contributed by atoms with Crippen LogP contribution in [0.1, 0.15) is 35.8 Å². The topological polar surface area (TPSA) is 97.9 Å². The molecule has 2 N–H and O–H groups in total. The normalized spacial score (nSPS) is 22.0. The molecule has 4 rings (SSSR count). The fourth-order valence-electron chi connectivity index (χ4n) is 3.25. The number of carbonyl (C=O) groups excluding carboxylic acids is 1. The lowest BCUT2D eigenvalue weighted by Crippen LogP contribution is -2.56. The minimum absolute atomic E-state index is 0.131. The zero-order chi connectivity index (χ0) is 18.1. The first-order valence-corrected chi connectivity index (χ1v) is 8.66. The molecular weight excluding hydrogens is 332 g/mol. The molecule has 2 heterocycles. The summed E-state index contributed by atoms with van der Waals surface area (Å²) in [4.78, 5) is 17.0. The van der Waals surface area contributed by atoms with Crippen molar-refractivity contribution in [1.82, 2.24) is 29.9 Å². The van der Waals surface area contributed by atoms with Gasteiger partial charge in [-0.1, -0.05) is 25.1 Å². The van der Waals surface area contributed by atoms with E-state index in [0.717, 1.165) is 11.5 Å². The Morgan fingerprint density at radius 2 is 2.12 bits per heavy atom. The smallest absolute Gasteiger partial charge is 0.291 e. The molecule has 1 aliphatic carbocycles. The van der Waals surface area contributed by atoms with Crippen LogP contribution in [-0.4, -0.2) is 47.7 Å². The number of hydrogen-bond donors (Lipinski definition) is 2. The van der Waals surface area contributed by atoms with Gasteiger partial charge in [0.25, 0.3) is 5.91 Å². The lowest BCUT2D eigenvalue weighted by molar-refractivity contribution is -0.00603. The summed E-state index contributed by atoms with van der Waals surface area (Å²) in [5.74, 6) is 0.508. The highest BCUT2D eigenvalue weighted by Gasteiger charge is 2.43. The molecule has 0 unspecified atom stereocenters. The number of rotatable bonds is 5. The van der Waals surface area contributed by atoms with Gasteiger partial charge in [0, 0.05) is 18.8 Å². The monoisotopic (exact) mass is 352 g/mol. The van der Waals surface area contributed by atoms with E-state index in [-0.39, 0.29) is 23.8 Å². The molecule has 8 heteroatoms. The van der Waals surface area contributed by atoms with E-state index in [2.05, 4.69) is 20.5 Å². The quantitative estimate of drug-likeness (QED) is 0.717. The van der Waals surface area contributed by atoms with Gasteiger partial charge < -0.3 is 10.4 Å². The van der Waals surface area contributed by atoms with E-state index in [4.69, 9.17) is 0 Å². The molecule has 1 aliphatic rings. The van der Waals surface area contributed by atoms with E-state index in [0.29, 0.717) is 12.8 Å². The zero-order valence-corrected chi connectivity index (χ0v) is 14.4. The Morgan fingerprint density at radius 1 is 1.31 bits per heavy atom. The van der Waals surface area contributed by atoms with Crippen LogP contribution in [0.15, 0.2) is 48.8 Å². The van der Waals surface area contributed by atoms with Crippen molar-refractivity contribution in [1.29, 1.82) is 0 Å². The maximum Gasteiger partial charge on any atom is 0.291 e. The predicted molar refractivity (Wildman–Crippen MR) is 93.9 cm³/mol. The van der Waals surface area contributed by atoms with Crippen molar-refractivity contribution < 1.29 is 9.90 Å². The molecule has 134 valence electrons. The van der Waals surface area contributed by atoms with E-state index in [1.165, 1.54) is 0 Å². The number of aromatic nitrogens is 5. The minimum Gasteiger partial charge on any atom is -0.391 e. The van der Waals surface area contributed by atoms with Crippen molar-refractivity contribution in [2.24, 2.45) is 0 Å². The van der Waals surface area contributed by atoms with Crippen molar-refractivity contribution in [2.45, 2.75) is 38.0 Å². The van der Waals surface area contributed by atoms with E-state index in [1.807, 2.05) is 37.3 Å². The van der Waals surface area contributed by atoms with Crippen molar-refractivity contribution in [3.63, 3.8) is 0 Å². The van der Waals surface area contributed by atoms with Gasteiger partial charge in [0.15, 0.2) is 0 Å². The largest absolute Gasteiger partial charge is 0.391 e. The summed E-state index contributed by atoms with van der Waals surface area (Å²) in [5, 5.41) is 21.5. The number of nitrogens with one attached hydrogen (secondary N) is 1. The minimum atomic E-state index is -0.527. The molecular formula is C18H20N6O2. The van der Waals surface area contributed by atoms with Crippen LogP contribution in [0.2, 0.25) is 0 Å². The second-order valence-corrected chi connectivity index (χ2v) is 6.31. The zero-order valence-electron chi connectivity index (χ0n) is 14.4. The molecule has 1 saturated carbocycles. The molecule has 26 heavy (non-hydrogen) atoms. The molecule has 0 bridgehead atoms. The van der Waals surface area contributed by atoms with Crippen LogP contribution in [0, 0.1) is 0 Å². The van der Waals surface area contributed by atoms with E-state index in [1.54, 1.807) is 27.8 Å². The van der Waals surface area contributed by atoms with Crippen molar-refractivity contribution in [3.8, 4) is 5.69 Å². The summed E-state index contributed by atoms with van der Waals surface area (Å²) in [6.07, 6.45) is 4.05. The SMILES string of the molecule is CCc1nc(C(=O)N[C@H]2C[C@@H](O)[C@@H]2n2cccn2)nn1-c1ccccc1. The fraction of sp³-hybridized carbons (Fsp3) is 0.333. The molecule has 0 aliphatic heterocycles. The van der Waals surface area contributed by atoms with Crippen molar-refractivity contribution in [3.05, 3.63) is 60.4 Å². The van der Waals surface area contributed by atoms with Crippen LogP contribution in [0.4, 0.5) is 0 Å². The first-order valence-electron chi connectivity index (χ1n) is 8.66. The molecule has 1 fully saturated rings. The summed E-state index contributed by atoms with van der Waals surface area (Å²) in [5.41, 5.74) is 0.865. The summed E-state index contributed by atoms with van der Waals surface area (Å²) in [6.45, 7) is 1.97. The van der Waals surface area contributed by atoms with Crippen LogP contribution in [0.5, 0.6) is 0 Å². The van der Waals surface area contributed by atoms with Crippen LogP contribution in [0.3, 0.4) is 0 Å². The molecule has 3 atom stereocenters. The second kappa shape index (κ2) is 6.72. The third-order valence-electron chi connectivity index (χ3n) is 4.64. The summed E-state index contributed by atoms with van der Waals surface area (Å²) < 4.78 is 3.36. The highest BCUT2D eigenvalue weighted by atomic mass is 16.3. The van der Waals surface area contributed by atoms with Crippen molar-refractivity contribution in [2.75, 3.05) is 0 Å². The highest BCUT2D eigenvalue weighted by Crippen LogP contribution is 2.32. The second-order valence-electron chi connectivity index (χ2n) is 6.31. The first-order chi connectivity index (χ1) is 12.7. The molecule has 1 aromatic carbocycles. The summed E-state index contributed by atoms with van der Waals surface area (Å²) >= 11 is 0. The summed E-state index contributed by atoms with van der Waals surface area (Å²) in [6, 6.07) is 10.9. The first kappa shape index (κ1) is 16.5. The number of aliphatic hydroxyl groups is 1. The van der Waals surface area contributed by atoms with Gasteiger partial charge in [-0.05, 0) is 24.6 Å². The van der Waals surface area contributed by atoms with Crippen LogP contribution in [-0.2, 0) is 6.42 Å². The van der Waals surface area contributed by atoms with E-state index in [9.17, 15) is 9.90 Å². The average molecular weight is 352 g/mol. The number of para-hydroxylation sites is 1. The molecule has 0 saturated heterocycles. The Bertz CT molecular complexity index is 890. The number of benzene rings is 1. The van der Waals surface area contributed by atoms with Crippen LogP contribution >= 0.6 is 0 Å². The Hall–Kier alpha value is -3.00. The highest BCUT2D eigenvalue weighted by molar-refractivity contribution is 5.90. The maximum atomic E-state index is 12.6. The predicted octanol–water partition coefficient (Wildman–Crippen LogP) is 1.13. The van der Waals surface area contributed by atoms with Crippen LogP contribution in [0.25, 0.3) is 5.69 Å². The number of nitrogens with zero attached hydrogens (tertiary/aromatic N) is 5. The van der Waals surface area contributed by atoms with Gasteiger partial charge >= 0.3 is 0 Å². The van der Waals surface area contributed by atoms with E-state index < -0.39 is 6.10 Å². The Kier molecular flexibility index (Phi) is 4.26. The lowest BCUT2D eigenvalue weighted by atomic mass is 9.83. The van der Waals surface area contributed by atoms with Gasteiger partial charge in [0.05, 0.1) is 23.9 Å². The van der Waals surface area contributed by atoms with Gasteiger partial charge in [-0.15, -0.1) is 5.10 Å². The number of carbonyl (C=O) groups is 1. The third kappa shape index (κ3) is 2.88. The van der Waals surface area contributed by atoms with Gasteiger partial charge in [-0.25, -0.2) is 9.67 Å². The standard InChI is InChI=1S/C18H20N6O2/c1-2-15-21-17(22-24(15)12-7-4-3-5-8-12)18(26)20-13-11-14(25)16(13)23-10-6-9-19-23/h3-10,13-14,16,25H,2,11H2,1H3,(H,20,26)/t13-,14+,16+/m0/s1. The number of amides is 1. The summed E-state index contributed by atoms with van der Waals surface area (Å²) in [7, 11) is 0. The number of hydrogen-bond acceptors (Lipinski definition) is 5. The maximum absolute atomic E-state index is 12.6.